The molecule has 6 heteroatoms. The lowest BCUT2D eigenvalue weighted by Gasteiger charge is -2.35. The highest BCUT2D eigenvalue weighted by Crippen LogP contribution is 2.43. The lowest BCUT2D eigenvalue weighted by atomic mass is 9.72. The van der Waals surface area contributed by atoms with Gasteiger partial charge in [0.25, 0.3) is 0 Å². The standard InChI is InChI=1S/C29H37F3O3/c1-3-5-9-18-35-25-17-16-24(26(30)27(25)31)22-14-12-21(13-15-22)20(4-2)19-29(32,28(33)34)23-10-7-6-8-11-23/h12-17,20,23H,3-11,18-19H2,1-2H3,(H,33,34)/t20?,29-/m0/s1. The van der Waals surface area contributed by atoms with Crippen LogP contribution in [0.4, 0.5) is 13.2 Å². The second-order valence-corrected chi connectivity index (χ2v) is 9.73. The minimum Gasteiger partial charge on any atom is -0.490 e. The first-order valence-electron chi connectivity index (χ1n) is 12.9. The molecule has 0 amide bonds. The summed E-state index contributed by atoms with van der Waals surface area (Å²) >= 11 is 0. The molecule has 2 atom stereocenters. The van der Waals surface area contributed by atoms with E-state index in [1.165, 1.54) is 12.1 Å². The molecular formula is C29H37F3O3. The minimum atomic E-state index is -2.26. The van der Waals surface area contributed by atoms with Gasteiger partial charge in [-0.1, -0.05) is 70.2 Å². The third kappa shape index (κ3) is 6.39. The van der Waals surface area contributed by atoms with Crippen LogP contribution in [-0.2, 0) is 4.79 Å². The van der Waals surface area contributed by atoms with Gasteiger partial charge in [-0.3, -0.25) is 0 Å². The van der Waals surface area contributed by atoms with E-state index in [1.807, 2.05) is 6.92 Å². The molecule has 0 spiro atoms. The van der Waals surface area contributed by atoms with E-state index in [2.05, 4.69) is 6.92 Å². The highest BCUT2D eigenvalue weighted by molar-refractivity contribution is 5.78. The smallest absolute Gasteiger partial charge is 0.341 e. The average molecular weight is 491 g/mol. The van der Waals surface area contributed by atoms with Gasteiger partial charge in [0.05, 0.1) is 6.61 Å². The molecule has 1 aliphatic carbocycles. The largest absolute Gasteiger partial charge is 0.490 e. The zero-order valence-corrected chi connectivity index (χ0v) is 20.8. The van der Waals surface area contributed by atoms with Gasteiger partial charge in [0.1, 0.15) is 0 Å². The van der Waals surface area contributed by atoms with Crippen molar-refractivity contribution >= 4 is 5.97 Å². The Morgan fingerprint density at radius 3 is 2.31 bits per heavy atom. The Morgan fingerprint density at radius 1 is 1.03 bits per heavy atom. The second kappa shape index (κ2) is 12.5. The van der Waals surface area contributed by atoms with E-state index >= 15 is 4.39 Å². The second-order valence-electron chi connectivity index (χ2n) is 9.73. The number of halogens is 3. The summed E-state index contributed by atoms with van der Waals surface area (Å²) in [5.74, 6) is -4.21. The molecule has 2 aromatic rings. The summed E-state index contributed by atoms with van der Waals surface area (Å²) in [5.41, 5.74) is -0.848. The SMILES string of the molecule is CCCCCOc1ccc(-c2ccc(C(CC)C[C@@](F)(C(=O)O)C3CCCCC3)cc2)c(F)c1F. The van der Waals surface area contributed by atoms with Crippen molar-refractivity contribution in [3.05, 3.63) is 53.6 Å². The summed E-state index contributed by atoms with van der Waals surface area (Å²) in [5, 5.41) is 9.77. The number of carboxylic acids is 1. The summed E-state index contributed by atoms with van der Waals surface area (Å²) in [7, 11) is 0. The highest BCUT2D eigenvalue weighted by Gasteiger charge is 2.47. The van der Waals surface area contributed by atoms with Gasteiger partial charge in [-0.25, -0.2) is 13.6 Å². The Kier molecular flexibility index (Phi) is 9.64. The molecule has 2 aromatic carbocycles. The predicted molar refractivity (Wildman–Crippen MR) is 133 cm³/mol. The molecule has 0 bridgehead atoms. The normalized spacial score (nSPS) is 17.1. The number of rotatable bonds is 12. The molecule has 0 aliphatic heterocycles. The molecular weight excluding hydrogens is 453 g/mol. The van der Waals surface area contributed by atoms with Crippen molar-refractivity contribution in [3.63, 3.8) is 0 Å². The van der Waals surface area contributed by atoms with Crippen LogP contribution in [-0.4, -0.2) is 23.4 Å². The number of carboxylic acid groups (broad SMARTS) is 1. The summed E-state index contributed by atoms with van der Waals surface area (Å²) in [4.78, 5) is 12.0. The molecule has 35 heavy (non-hydrogen) atoms. The third-order valence-electron chi connectivity index (χ3n) is 7.39. The van der Waals surface area contributed by atoms with E-state index in [9.17, 15) is 18.7 Å². The summed E-state index contributed by atoms with van der Waals surface area (Å²) in [6.07, 6.45) is 7.19. The van der Waals surface area contributed by atoms with Crippen LogP contribution in [0, 0.1) is 17.6 Å². The summed E-state index contributed by atoms with van der Waals surface area (Å²) in [6.45, 7) is 4.31. The molecule has 0 aromatic heterocycles. The Morgan fingerprint density at radius 2 is 1.71 bits per heavy atom. The Balaban J connectivity index is 1.77. The van der Waals surface area contributed by atoms with Crippen LogP contribution in [0.1, 0.15) is 89.5 Å². The molecule has 0 radical (unpaired) electrons. The fourth-order valence-electron chi connectivity index (χ4n) is 5.18. The van der Waals surface area contributed by atoms with Gasteiger partial charge in [0, 0.05) is 11.5 Å². The van der Waals surface area contributed by atoms with Crippen LogP contribution in [0.25, 0.3) is 11.1 Å². The maximum Gasteiger partial charge on any atom is 0.341 e. The number of carbonyl (C=O) groups is 1. The van der Waals surface area contributed by atoms with Gasteiger partial charge in [0.2, 0.25) is 11.5 Å². The van der Waals surface area contributed by atoms with Gasteiger partial charge in [-0.2, -0.15) is 4.39 Å². The van der Waals surface area contributed by atoms with Crippen molar-refractivity contribution in [2.24, 2.45) is 5.92 Å². The maximum absolute atomic E-state index is 15.8. The fourth-order valence-corrected chi connectivity index (χ4v) is 5.18. The number of hydrogen-bond donors (Lipinski definition) is 1. The molecule has 3 rings (SSSR count). The van der Waals surface area contributed by atoms with E-state index < -0.39 is 29.2 Å². The van der Waals surface area contributed by atoms with Gasteiger partial charge in [-0.15, -0.1) is 0 Å². The topological polar surface area (TPSA) is 46.5 Å². The van der Waals surface area contributed by atoms with Gasteiger partial charge in [0.15, 0.2) is 11.6 Å². The summed E-state index contributed by atoms with van der Waals surface area (Å²) in [6, 6.07) is 9.83. The molecule has 0 heterocycles. The number of alkyl halides is 1. The monoisotopic (exact) mass is 490 g/mol. The number of benzene rings is 2. The van der Waals surface area contributed by atoms with Crippen molar-refractivity contribution < 1.29 is 27.8 Å². The zero-order valence-electron chi connectivity index (χ0n) is 20.8. The average Bonchev–Trinajstić information content (AvgIpc) is 2.88. The van der Waals surface area contributed by atoms with Crippen LogP contribution < -0.4 is 4.74 Å². The van der Waals surface area contributed by atoms with E-state index in [4.69, 9.17) is 4.74 Å². The van der Waals surface area contributed by atoms with Crippen molar-refractivity contribution in [2.75, 3.05) is 6.61 Å². The van der Waals surface area contributed by atoms with Crippen LogP contribution >= 0.6 is 0 Å². The van der Waals surface area contributed by atoms with E-state index in [1.54, 1.807) is 24.3 Å². The lowest BCUT2D eigenvalue weighted by molar-refractivity contribution is -0.157. The molecule has 1 aliphatic rings. The number of unbranched alkanes of at least 4 members (excludes halogenated alkanes) is 2. The molecule has 1 N–H and O–H groups in total. The van der Waals surface area contributed by atoms with Crippen molar-refractivity contribution in [1.29, 1.82) is 0 Å². The maximum atomic E-state index is 15.8. The Hall–Kier alpha value is -2.50. The predicted octanol–water partition coefficient (Wildman–Crippen LogP) is 8.46. The molecule has 0 saturated heterocycles. The van der Waals surface area contributed by atoms with Gasteiger partial charge >= 0.3 is 5.97 Å². The number of hydrogen-bond acceptors (Lipinski definition) is 2. The highest BCUT2D eigenvalue weighted by atomic mass is 19.2. The summed E-state index contributed by atoms with van der Waals surface area (Å²) < 4.78 is 50.6. The Labute approximate surface area is 206 Å². The molecule has 1 saturated carbocycles. The molecule has 3 nitrogen and oxygen atoms in total. The molecule has 1 fully saturated rings. The lowest BCUT2D eigenvalue weighted by Crippen LogP contribution is -2.43. The first kappa shape index (κ1) is 27.1. The quantitative estimate of drug-likeness (QED) is 0.304. The molecule has 192 valence electrons. The van der Waals surface area contributed by atoms with Crippen molar-refractivity contribution in [3.8, 4) is 16.9 Å². The van der Waals surface area contributed by atoms with E-state index in [-0.39, 0.29) is 23.7 Å². The zero-order chi connectivity index (χ0) is 25.4. The van der Waals surface area contributed by atoms with E-state index in [0.29, 0.717) is 31.4 Å². The van der Waals surface area contributed by atoms with Gasteiger partial charge in [-0.05, 0) is 61.3 Å². The van der Waals surface area contributed by atoms with Gasteiger partial charge < -0.3 is 9.84 Å². The van der Waals surface area contributed by atoms with Crippen LogP contribution in [0.5, 0.6) is 5.75 Å². The van der Waals surface area contributed by atoms with Crippen molar-refractivity contribution in [1.82, 2.24) is 0 Å². The van der Waals surface area contributed by atoms with Crippen LogP contribution in [0.3, 0.4) is 0 Å². The van der Waals surface area contributed by atoms with E-state index in [0.717, 1.165) is 44.1 Å². The van der Waals surface area contributed by atoms with Crippen LogP contribution in [0.15, 0.2) is 36.4 Å². The van der Waals surface area contributed by atoms with Crippen molar-refractivity contribution in [2.45, 2.75) is 89.6 Å². The first-order chi connectivity index (χ1) is 16.8. The molecule has 1 unspecified atom stereocenters. The Bertz CT molecular complexity index is 970. The fraction of sp³-hybridized carbons (Fsp3) is 0.552. The first-order valence-corrected chi connectivity index (χ1v) is 12.9. The minimum absolute atomic E-state index is 0.0874. The number of aliphatic carboxylic acids is 1. The van der Waals surface area contributed by atoms with Crippen LogP contribution in [0.2, 0.25) is 0 Å². The third-order valence-corrected chi connectivity index (χ3v) is 7.39. The number of ether oxygens (including phenoxy) is 1.